The average molecular weight is 649 g/mol. The van der Waals surface area contributed by atoms with Gasteiger partial charge in [-0.25, -0.2) is 0 Å². The summed E-state index contributed by atoms with van der Waals surface area (Å²) in [5.41, 5.74) is 1.68. The van der Waals surface area contributed by atoms with Gasteiger partial charge in [-0.05, 0) is 113 Å². The highest BCUT2D eigenvalue weighted by atomic mass is 16.5. The van der Waals surface area contributed by atoms with Gasteiger partial charge in [0.1, 0.15) is 0 Å². The third kappa shape index (κ3) is 9.07. The minimum Gasteiger partial charge on any atom is -0.381 e. The van der Waals surface area contributed by atoms with Crippen molar-refractivity contribution < 1.29 is 18.9 Å². The molecule has 8 nitrogen and oxygen atoms in total. The van der Waals surface area contributed by atoms with Gasteiger partial charge in [-0.3, -0.25) is 9.80 Å². The van der Waals surface area contributed by atoms with Crippen LogP contribution in [0.2, 0.25) is 0 Å². The Kier molecular flexibility index (Phi) is 12.6. The van der Waals surface area contributed by atoms with Gasteiger partial charge in [0.15, 0.2) is 0 Å². The highest BCUT2D eigenvalue weighted by Gasteiger charge is 2.46. The number of nitrogens with zero attached hydrogens (tertiary/aromatic N) is 4. The van der Waals surface area contributed by atoms with E-state index < -0.39 is 0 Å². The summed E-state index contributed by atoms with van der Waals surface area (Å²) in [6.07, 6.45) is 10.3. The van der Waals surface area contributed by atoms with E-state index in [2.05, 4.69) is 75.0 Å². The lowest BCUT2D eigenvalue weighted by Gasteiger charge is -2.38. The summed E-state index contributed by atoms with van der Waals surface area (Å²) in [6.45, 7) is 34.1. The molecular weight excluding hydrogens is 576 g/mol. The van der Waals surface area contributed by atoms with Gasteiger partial charge in [-0.2, -0.15) is 0 Å². The van der Waals surface area contributed by atoms with Crippen LogP contribution in [0.15, 0.2) is 0 Å². The zero-order chi connectivity index (χ0) is 33.0. The van der Waals surface area contributed by atoms with Gasteiger partial charge in [-0.1, -0.05) is 0 Å². The first-order valence-corrected chi connectivity index (χ1v) is 19.3. The molecule has 0 radical (unpaired) electrons. The molecule has 3 unspecified atom stereocenters. The summed E-state index contributed by atoms with van der Waals surface area (Å²) in [4.78, 5) is 10.2. The molecule has 46 heavy (non-hydrogen) atoms. The molecule has 8 aliphatic rings. The van der Waals surface area contributed by atoms with Crippen molar-refractivity contribution in [1.29, 1.82) is 0 Å². The molecule has 0 aromatic heterocycles. The van der Waals surface area contributed by atoms with Gasteiger partial charge in [0.25, 0.3) is 0 Å². The Labute approximate surface area is 283 Å². The van der Waals surface area contributed by atoms with Crippen LogP contribution in [0.5, 0.6) is 0 Å². The Morgan fingerprint density at radius 2 is 0.848 bits per heavy atom. The quantitative estimate of drug-likeness (QED) is 0.395. The summed E-state index contributed by atoms with van der Waals surface area (Å²) >= 11 is 0. The highest BCUT2D eigenvalue weighted by Crippen LogP contribution is 2.40. The normalized spacial score (nSPS) is 35.7. The fourth-order valence-electron chi connectivity index (χ4n) is 8.84. The molecule has 8 heterocycles. The van der Waals surface area contributed by atoms with E-state index in [4.69, 9.17) is 18.9 Å². The zero-order valence-electron chi connectivity index (χ0n) is 31.3. The third-order valence-corrected chi connectivity index (χ3v) is 12.7. The Morgan fingerprint density at radius 1 is 0.413 bits per heavy atom. The van der Waals surface area contributed by atoms with Gasteiger partial charge >= 0.3 is 0 Å². The van der Waals surface area contributed by atoms with Gasteiger partial charge in [0.05, 0.1) is 37.6 Å². The van der Waals surface area contributed by atoms with Crippen molar-refractivity contribution in [3.05, 3.63) is 0 Å². The van der Waals surface area contributed by atoms with Crippen LogP contribution in [-0.4, -0.2) is 147 Å². The molecular formula is C38H72N4O4. The Morgan fingerprint density at radius 3 is 1.15 bits per heavy atom. The van der Waals surface area contributed by atoms with Crippen LogP contribution in [0.3, 0.4) is 0 Å². The second-order valence-corrected chi connectivity index (χ2v) is 17.5. The molecule has 0 aliphatic carbocycles. The van der Waals surface area contributed by atoms with Crippen LogP contribution in [-0.2, 0) is 18.9 Å². The summed E-state index contributed by atoms with van der Waals surface area (Å²) in [6, 6.07) is 2.81. The minimum absolute atomic E-state index is 0.268. The number of hydrogen-bond acceptors (Lipinski definition) is 8. The highest BCUT2D eigenvalue weighted by molar-refractivity contribution is 4.98. The lowest BCUT2D eigenvalue weighted by molar-refractivity contribution is -0.138. The van der Waals surface area contributed by atoms with E-state index in [1.165, 1.54) is 104 Å². The van der Waals surface area contributed by atoms with Crippen molar-refractivity contribution in [2.24, 2.45) is 10.8 Å². The van der Waals surface area contributed by atoms with Crippen molar-refractivity contribution in [3.8, 4) is 0 Å². The molecule has 8 fully saturated rings. The van der Waals surface area contributed by atoms with Gasteiger partial charge in [-0.15, -0.1) is 0 Å². The summed E-state index contributed by atoms with van der Waals surface area (Å²) in [7, 11) is 0. The maximum atomic E-state index is 5.84. The molecule has 0 aromatic carbocycles. The van der Waals surface area contributed by atoms with Crippen molar-refractivity contribution in [2.45, 2.75) is 142 Å². The number of likely N-dealkylation sites (tertiary alicyclic amines) is 4. The molecule has 0 saturated carbocycles. The van der Waals surface area contributed by atoms with Gasteiger partial charge in [0.2, 0.25) is 0 Å². The largest absolute Gasteiger partial charge is 0.381 e. The van der Waals surface area contributed by atoms with Gasteiger partial charge in [0, 0.05) is 93.9 Å². The second-order valence-electron chi connectivity index (χ2n) is 17.5. The lowest BCUT2D eigenvalue weighted by Crippen LogP contribution is -2.46. The molecule has 8 rings (SSSR count). The van der Waals surface area contributed by atoms with Crippen LogP contribution in [0, 0.1) is 10.8 Å². The van der Waals surface area contributed by atoms with E-state index in [0.717, 1.165) is 45.7 Å². The van der Waals surface area contributed by atoms with E-state index in [9.17, 15) is 0 Å². The Bertz CT molecular complexity index is 848. The monoisotopic (exact) mass is 649 g/mol. The predicted molar refractivity (Wildman–Crippen MR) is 188 cm³/mol. The molecule has 0 bridgehead atoms. The smallest absolute Gasteiger partial charge is 0.0842 e. The van der Waals surface area contributed by atoms with Crippen LogP contribution >= 0.6 is 0 Å². The Balaban J connectivity index is 0.000000121. The molecule has 4 spiro atoms. The number of hydrogen-bond donors (Lipinski definition) is 0. The number of rotatable bonds is 4. The van der Waals surface area contributed by atoms with E-state index in [1.807, 2.05) is 0 Å². The number of ether oxygens (including phenoxy) is 4. The first-order valence-electron chi connectivity index (χ1n) is 19.3. The fourth-order valence-corrected chi connectivity index (χ4v) is 8.84. The van der Waals surface area contributed by atoms with Gasteiger partial charge < -0.3 is 28.7 Å². The predicted octanol–water partition coefficient (Wildman–Crippen LogP) is 5.53. The fraction of sp³-hybridized carbons (Fsp3) is 1.00. The molecule has 3 atom stereocenters. The summed E-state index contributed by atoms with van der Waals surface area (Å²) < 4.78 is 22.2. The second kappa shape index (κ2) is 15.7. The minimum atomic E-state index is 0.268. The zero-order valence-corrected chi connectivity index (χ0v) is 31.3. The molecule has 0 N–H and O–H groups in total. The van der Waals surface area contributed by atoms with Crippen LogP contribution < -0.4 is 0 Å². The molecule has 0 aromatic rings. The van der Waals surface area contributed by atoms with E-state index >= 15 is 0 Å². The van der Waals surface area contributed by atoms with Crippen LogP contribution in [0.1, 0.15) is 107 Å². The van der Waals surface area contributed by atoms with Crippen molar-refractivity contribution in [3.63, 3.8) is 0 Å². The molecule has 8 saturated heterocycles. The first-order chi connectivity index (χ1) is 21.9. The van der Waals surface area contributed by atoms with Crippen molar-refractivity contribution in [1.82, 2.24) is 19.6 Å². The van der Waals surface area contributed by atoms with Crippen LogP contribution in [0.4, 0.5) is 0 Å². The SMILES string of the molecule is CC(C)N1CCC2(CCCO2)C1.CC(C)N1CCC2(CCO2)C1.CC(C)N1CCC2(CCOC2)C1.CC(C)N1CCC2(COC2)C1. The first kappa shape index (κ1) is 36.9. The lowest BCUT2D eigenvalue weighted by atomic mass is 9.85. The summed E-state index contributed by atoms with van der Waals surface area (Å²) in [5, 5.41) is 0. The molecule has 0 amide bonds. The van der Waals surface area contributed by atoms with E-state index in [1.54, 1.807) is 0 Å². The molecule has 8 aliphatic heterocycles. The van der Waals surface area contributed by atoms with Crippen molar-refractivity contribution >= 4 is 0 Å². The van der Waals surface area contributed by atoms with E-state index in [0.29, 0.717) is 34.6 Å². The maximum absolute atomic E-state index is 5.84. The topological polar surface area (TPSA) is 49.9 Å². The van der Waals surface area contributed by atoms with E-state index in [-0.39, 0.29) is 5.60 Å². The third-order valence-electron chi connectivity index (χ3n) is 12.7. The Hall–Kier alpha value is -0.320. The average Bonchev–Trinajstić information content (AvgIpc) is 3.84. The maximum Gasteiger partial charge on any atom is 0.0842 e. The molecule has 8 heteroatoms. The van der Waals surface area contributed by atoms with Crippen LogP contribution in [0.25, 0.3) is 0 Å². The standard InChI is InChI=1S/2C10H19NO.2C9H17NO/c1-9(2)11-5-3-10(7-11)4-6-12-8-10;1-9(2)11-6-5-10(8-11)4-3-7-12-10;1-8(2)10-5-3-9(7-10)4-6-11-9;1-8(2)10-4-3-9(5-10)6-11-7-9/h2*9H,3-8H2,1-2H3;2*8H,3-7H2,1-2H3. The summed E-state index contributed by atoms with van der Waals surface area (Å²) in [5.74, 6) is 0. The van der Waals surface area contributed by atoms with Crippen molar-refractivity contribution in [2.75, 3.05) is 92.0 Å². The molecule has 268 valence electrons.